The van der Waals surface area contributed by atoms with Crippen LogP contribution in [0.5, 0.6) is 0 Å². The van der Waals surface area contributed by atoms with Gasteiger partial charge in [0, 0.05) is 35.7 Å². The molecule has 184 valence electrons. The van der Waals surface area contributed by atoms with Gasteiger partial charge >= 0.3 is 0 Å². The third-order valence-electron chi connectivity index (χ3n) is 6.41. The molecule has 1 unspecified atom stereocenters. The number of fused-ring (bicyclic) bond motifs is 1. The number of hydrogen-bond donors (Lipinski definition) is 2. The van der Waals surface area contributed by atoms with Gasteiger partial charge in [0.15, 0.2) is 5.82 Å². The van der Waals surface area contributed by atoms with Gasteiger partial charge in [-0.05, 0) is 76.2 Å². The SMILES string of the molecule is CCN(CC)c1ccc(-c2nc3n(n2)C(c2ccc(C)o2)C(C(=O)Nc2ccccc2)=C(C)N3)cc1. The Hall–Kier alpha value is -4.33. The lowest BCUT2D eigenvalue weighted by Crippen LogP contribution is -2.31. The minimum absolute atomic E-state index is 0.225. The van der Waals surface area contributed by atoms with Gasteiger partial charge in [-0.2, -0.15) is 4.98 Å². The van der Waals surface area contributed by atoms with Crippen molar-refractivity contribution in [1.82, 2.24) is 14.8 Å². The predicted octanol–water partition coefficient (Wildman–Crippen LogP) is 5.62. The zero-order valence-electron chi connectivity index (χ0n) is 20.9. The highest BCUT2D eigenvalue weighted by molar-refractivity contribution is 6.05. The van der Waals surface area contributed by atoms with Gasteiger partial charge in [0.05, 0.1) is 5.57 Å². The highest BCUT2D eigenvalue weighted by Gasteiger charge is 2.36. The molecule has 1 atom stereocenters. The van der Waals surface area contributed by atoms with Gasteiger partial charge in [-0.25, -0.2) is 4.68 Å². The minimum atomic E-state index is -0.560. The second-order valence-corrected chi connectivity index (χ2v) is 8.76. The van der Waals surface area contributed by atoms with Crippen LogP contribution in [0.3, 0.4) is 0 Å². The number of rotatable bonds is 7. The number of allylic oxidation sites excluding steroid dienone is 1. The van der Waals surface area contributed by atoms with E-state index in [1.807, 2.05) is 68.4 Å². The molecule has 1 aliphatic rings. The molecule has 0 spiro atoms. The second kappa shape index (κ2) is 9.73. The Labute approximate surface area is 210 Å². The number of nitrogens with one attached hydrogen (secondary N) is 2. The van der Waals surface area contributed by atoms with Crippen molar-refractivity contribution in [3.05, 3.63) is 89.5 Å². The molecule has 2 aromatic carbocycles. The molecular formula is C28H30N6O2. The first-order chi connectivity index (χ1) is 17.5. The Morgan fingerprint density at radius 2 is 1.75 bits per heavy atom. The van der Waals surface area contributed by atoms with E-state index in [2.05, 4.69) is 41.5 Å². The molecule has 4 aromatic rings. The van der Waals surface area contributed by atoms with Crippen LogP contribution in [-0.4, -0.2) is 33.8 Å². The van der Waals surface area contributed by atoms with Gasteiger partial charge in [-0.3, -0.25) is 4.79 Å². The average molecular weight is 483 g/mol. The molecule has 1 amide bonds. The van der Waals surface area contributed by atoms with Crippen molar-refractivity contribution in [2.45, 2.75) is 33.7 Å². The Kier molecular flexibility index (Phi) is 6.33. The summed E-state index contributed by atoms with van der Waals surface area (Å²) >= 11 is 0. The lowest BCUT2D eigenvalue weighted by molar-refractivity contribution is -0.113. The molecular weight excluding hydrogens is 452 g/mol. The number of amides is 1. The molecule has 2 aromatic heterocycles. The smallest absolute Gasteiger partial charge is 0.256 e. The second-order valence-electron chi connectivity index (χ2n) is 8.76. The van der Waals surface area contributed by atoms with Crippen LogP contribution in [0.2, 0.25) is 0 Å². The van der Waals surface area contributed by atoms with Crippen LogP contribution in [0.15, 0.2) is 82.4 Å². The Morgan fingerprint density at radius 3 is 2.39 bits per heavy atom. The zero-order chi connectivity index (χ0) is 25.2. The molecule has 0 aliphatic carbocycles. The number of nitrogens with zero attached hydrogens (tertiary/aromatic N) is 4. The first kappa shape index (κ1) is 23.4. The normalized spacial score (nSPS) is 14.8. The van der Waals surface area contributed by atoms with E-state index in [0.29, 0.717) is 28.8 Å². The highest BCUT2D eigenvalue weighted by atomic mass is 16.3. The van der Waals surface area contributed by atoms with Crippen molar-refractivity contribution in [3.8, 4) is 11.4 Å². The Bertz CT molecular complexity index is 1400. The summed E-state index contributed by atoms with van der Waals surface area (Å²) in [6, 6.07) is 20.9. The lowest BCUT2D eigenvalue weighted by atomic mass is 10.00. The lowest BCUT2D eigenvalue weighted by Gasteiger charge is -2.27. The van der Waals surface area contributed by atoms with Crippen molar-refractivity contribution in [1.29, 1.82) is 0 Å². The summed E-state index contributed by atoms with van der Waals surface area (Å²) in [5.74, 6) is 2.30. The van der Waals surface area contributed by atoms with E-state index >= 15 is 0 Å². The number of furan rings is 1. The fraction of sp³-hybridized carbons (Fsp3) is 0.250. The van der Waals surface area contributed by atoms with Crippen molar-refractivity contribution >= 4 is 23.2 Å². The number of aryl methyl sites for hydroxylation is 1. The molecule has 8 heteroatoms. The van der Waals surface area contributed by atoms with Crippen LogP contribution < -0.4 is 15.5 Å². The maximum atomic E-state index is 13.5. The Morgan fingerprint density at radius 1 is 1.03 bits per heavy atom. The number of carbonyl (C=O) groups is 1. The highest BCUT2D eigenvalue weighted by Crippen LogP contribution is 2.37. The van der Waals surface area contributed by atoms with E-state index in [1.54, 1.807) is 4.68 Å². The monoisotopic (exact) mass is 482 g/mol. The molecule has 2 N–H and O–H groups in total. The van der Waals surface area contributed by atoms with Crippen LogP contribution in [0.1, 0.15) is 38.3 Å². The maximum absolute atomic E-state index is 13.5. The van der Waals surface area contributed by atoms with Gasteiger partial charge in [0.1, 0.15) is 17.6 Å². The van der Waals surface area contributed by atoms with Gasteiger partial charge in [0.25, 0.3) is 5.91 Å². The standard InChI is InChI=1S/C28H30N6O2/c1-5-33(6-2)22-15-13-20(14-16-22)26-31-28-29-19(4)24(27(35)30-21-10-8-7-9-11-21)25(34(28)32-26)23-17-12-18(3)36-23/h7-17,25H,5-6H2,1-4H3,(H,30,35)(H,29,31,32). The molecule has 0 bridgehead atoms. The number of aromatic nitrogens is 3. The predicted molar refractivity (Wildman–Crippen MR) is 142 cm³/mol. The van der Waals surface area contributed by atoms with Crippen LogP contribution in [0.25, 0.3) is 11.4 Å². The quantitative estimate of drug-likeness (QED) is 0.355. The maximum Gasteiger partial charge on any atom is 0.256 e. The van der Waals surface area contributed by atoms with E-state index in [0.717, 1.165) is 35.8 Å². The first-order valence-corrected chi connectivity index (χ1v) is 12.2. The topological polar surface area (TPSA) is 88.2 Å². The van der Waals surface area contributed by atoms with Crippen LogP contribution in [-0.2, 0) is 4.79 Å². The molecule has 36 heavy (non-hydrogen) atoms. The number of benzene rings is 2. The van der Waals surface area contributed by atoms with Crippen molar-refractivity contribution in [2.24, 2.45) is 0 Å². The summed E-state index contributed by atoms with van der Waals surface area (Å²) in [6.45, 7) is 9.94. The third-order valence-corrected chi connectivity index (χ3v) is 6.41. The molecule has 0 radical (unpaired) electrons. The molecule has 0 saturated heterocycles. The van der Waals surface area contributed by atoms with E-state index in [1.165, 1.54) is 0 Å². The minimum Gasteiger partial charge on any atom is -0.464 e. The fourth-order valence-corrected chi connectivity index (χ4v) is 4.56. The average Bonchev–Trinajstić information content (AvgIpc) is 3.51. The molecule has 8 nitrogen and oxygen atoms in total. The van der Waals surface area contributed by atoms with Crippen LogP contribution in [0, 0.1) is 6.92 Å². The molecule has 5 rings (SSSR count). The number of hydrogen-bond acceptors (Lipinski definition) is 6. The van der Waals surface area contributed by atoms with Gasteiger partial charge in [0.2, 0.25) is 5.95 Å². The summed E-state index contributed by atoms with van der Waals surface area (Å²) in [7, 11) is 0. The van der Waals surface area contributed by atoms with Gasteiger partial charge in [-0.15, -0.1) is 5.10 Å². The van der Waals surface area contributed by atoms with E-state index in [9.17, 15) is 4.79 Å². The van der Waals surface area contributed by atoms with Crippen LogP contribution in [0.4, 0.5) is 17.3 Å². The van der Waals surface area contributed by atoms with Crippen LogP contribution >= 0.6 is 0 Å². The summed E-state index contributed by atoms with van der Waals surface area (Å²) in [5, 5.41) is 11.1. The van der Waals surface area contributed by atoms with Crippen molar-refractivity contribution in [3.63, 3.8) is 0 Å². The summed E-state index contributed by atoms with van der Waals surface area (Å²) < 4.78 is 7.74. The molecule has 3 heterocycles. The summed E-state index contributed by atoms with van der Waals surface area (Å²) in [4.78, 5) is 20.6. The number of para-hydroxylation sites is 1. The number of carbonyl (C=O) groups excluding carboxylic acids is 1. The van der Waals surface area contributed by atoms with E-state index in [-0.39, 0.29) is 5.91 Å². The zero-order valence-corrected chi connectivity index (χ0v) is 20.9. The van der Waals surface area contributed by atoms with Gasteiger partial charge in [-0.1, -0.05) is 18.2 Å². The third kappa shape index (κ3) is 4.37. The molecule has 0 fully saturated rings. The molecule has 0 saturated carbocycles. The molecule has 1 aliphatic heterocycles. The van der Waals surface area contributed by atoms with Crippen molar-refractivity contribution in [2.75, 3.05) is 28.6 Å². The van der Waals surface area contributed by atoms with Gasteiger partial charge < -0.3 is 20.0 Å². The largest absolute Gasteiger partial charge is 0.464 e. The first-order valence-electron chi connectivity index (χ1n) is 12.2. The summed E-state index contributed by atoms with van der Waals surface area (Å²) in [6.07, 6.45) is 0. The van der Waals surface area contributed by atoms with E-state index in [4.69, 9.17) is 14.5 Å². The number of anilines is 3. The fourth-order valence-electron chi connectivity index (χ4n) is 4.56. The van der Waals surface area contributed by atoms with Crippen molar-refractivity contribution < 1.29 is 9.21 Å². The van der Waals surface area contributed by atoms with E-state index < -0.39 is 6.04 Å². The Balaban J connectivity index is 1.53. The summed E-state index contributed by atoms with van der Waals surface area (Å²) in [5.41, 5.74) is 4.00.